The number of carbonyl (C=O) groups is 1. The summed E-state index contributed by atoms with van der Waals surface area (Å²) in [4.78, 5) is 15.8. The average Bonchev–Trinajstić information content (AvgIpc) is 3.55. The Morgan fingerprint density at radius 1 is 1.17 bits per heavy atom. The number of hydrazine groups is 1. The zero-order valence-corrected chi connectivity index (χ0v) is 20.7. The zero-order valence-electron chi connectivity index (χ0n) is 20.7. The first-order valence-corrected chi connectivity index (χ1v) is 13.4. The first kappa shape index (κ1) is 23.5. The molecule has 2 aromatic rings. The lowest BCUT2D eigenvalue weighted by molar-refractivity contribution is -0.127. The van der Waals surface area contributed by atoms with Crippen molar-refractivity contribution in [3.05, 3.63) is 64.7 Å². The SMILES string of the molecule is N#Cc1cccc(CN2CCC[C@@H](NC(=O)C3CCC4NNC(c5ccc6c(c5)CCO6)C4C3)C2)c1. The van der Waals surface area contributed by atoms with Crippen LogP contribution in [0.1, 0.15) is 60.4 Å². The first-order valence-electron chi connectivity index (χ1n) is 13.4. The summed E-state index contributed by atoms with van der Waals surface area (Å²) in [5, 5.41) is 12.6. The van der Waals surface area contributed by atoms with Gasteiger partial charge in [0.15, 0.2) is 0 Å². The van der Waals surface area contributed by atoms with Crippen molar-refractivity contribution in [2.24, 2.45) is 11.8 Å². The van der Waals surface area contributed by atoms with Gasteiger partial charge in [-0.1, -0.05) is 24.3 Å². The van der Waals surface area contributed by atoms with Crippen molar-refractivity contribution in [2.45, 2.75) is 63.2 Å². The molecule has 7 nitrogen and oxygen atoms in total. The Bertz CT molecular complexity index is 1160. The van der Waals surface area contributed by atoms with E-state index >= 15 is 0 Å². The van der Waals surface area contributed by atoms with Gasteiger partial charge < -0.3 is 10.1 Å². The van der Waals surface area contributed by atoms with E-state index in [-0.39, 0.29) is 23.9 Å². The number of nitrogens with zero attached hydrogens (tertiary/aromatic N) is 2. The monoisotopic (exact) mass is 485 g/mol. The number of carbonyl (C=O) groups excluding carboxylic acids is 1. The molecule has 3 heterocycles. The van der Waals surface area contributed by atoms with Crippen molar-refractivity contribution in [3.63, 3.8) is 0 Å². The number of hydrogen-bond acceptors (Lipinski definition) is 6. The van der Waals surface area contributed by atoms with Crippen LogP contribution in [0, 0.1) is 23.2 Å². The fraction of sp³-hybridized carbons (Fsp3) is 0.517. The van der Waals surface area contributed by atoms with Gasteiger partial charge in [0.2, 0.25) is 5.91 Å². The van der Waals surface area contributed by atoms with Crippen LogP contribution in [0.15, 0.2) is 42.5 Å². The predicted molar refractivity (Wildman–Crippen MR) is 137 cm³/mol. The van der Waals surface area contributed by atoms with Crippen LogP contribution < -0.4 is 20.9 Å². The topological polar surface area (TPSA) is 89.4 Å². The van der Waals surface area contributed by atoms with Crippen molar-refractivity contribution in [1.82, 2.24) is 21.1 Å². The molecule has 3 aliphatic heterocycles. The third-order valence-electron chi connectivity index (χ3n) is 8.51. The molecule has 1 aliphatic carbocycles. The van der Waals surface area contributed by atoms with E-state index in [4.69, 9.17) is 4.74 Å². The summed E-state index contributed by atoms with van der Waals surface area (Å²) in [5.74, 6) is 1.71. The number of nitrogens with one attached hydrogen (secondary N) is 3. The van der Waals surface area contributed by atoms with Crippen molar-refractivity contribution in [1.29, 1.82) is 5.26 Å². The second-order valence-electron chi connectivity index (χ2n) is 10.9. The highest BCUT2D eigenvalue weighted by Crippen LogP contribution is 2.41. The van der Waals surface area contributed by atoms with E-state index in [0.717, 1.165) is 76.1 Å². The highest BCUT2D eigenvalue weighted by Gasteiger charge is 2.43. The van der Waals surface area contributed by atoms with Crippen LogP contribution in [0.25, 0.3) is 0 Å². The third kappa shape index (κ3) is 4.86. The molecule has 4 aliphatic rings. The Morgan fingerprint density at radius 3 is 3.03 bits per heavy atom. The maximum absolute atomic E-state index is 13.4. The molecule has 2 aromatic carbocycles. The van der Waals surface area contributed by atoms with Gasteiger partial charge in [-0.3, -0.25) is 15.1 Å². The molecule has 36 heavy (non-hydrogen) atoms. The Morgan fingerprint density at radius 2 is 2.11 bits per heavy atom. The first-order chi connectivity index (χ1) is 17.7. The molecule has 1 saturated carbocycles. The van der Waals surface area contributed by atoms with Gasteiger partial charge in [-0.2, -0.15) is 5.26 Å². The lowest BCUT2D eigenvalue weighted by Gasteiger charge is -2.36. The number of ether oxygens (including phenoxy) is 1. The molecular formula is C29H35N5O2. The van der Waals surface area contributed by atoms with Gasteiger partial charge in [-0.25, -0.2) is 5.43 Å². The quantitative estimate of drug-likeness (QED) is 0.603. The highest BCUT2D eigenvalue weighted by molar-refractivity contribution is 5.79. The van der Waals surface area contributed by atoms with Gasteiger partial charge >= 0.3 is 0 Å². The largest absolute Gasteiger partial charge is 0.493 e. The van der Waals surface area contributed by atoms with Crippen LogP contribution in [-0.4, -0.2) is 42.6 Å². The second-order valence-corrected chi connectivity index (χ2v) is 10.9. The molecule has 2 saturated heterocycles. The van der Waals surface area contributed by atoms with Crippen molar-refractivity contribution < 1.29 is 9.53 Å². The number of hydrogen-bond donors (Lipinski definition) is 3. The van der Waals surface area contributed by atoms with E-state index in [9.17, 15) is 10.1 Å². The van der Waals surface area contributed by atoms with Crippen LogP contribution in [-0.2, 0) is 17.8 Å². The van der Waals surface area contributed by atoms with Gasteiger partial charge in [0.1, 0.15) is 5.75 Å². The molecule has 4 unspecified atom stereocenters. The van der Waals surface area contributed by atoms with Gasteiger partial charge in [0.25, 0.3) is 0 Å². The minimum Gasteiger partial charge on any atom is -0.493 e. The fourth-order valence-corrected chi connectivity index (χ4v) is 6.66. The Hall–Kier alpha value is -2.92. The molecule has 7 heteroatoms. The molecule has 3 fully saturated rings. The number of likely N-dealkylation sites (tertiary alicyclic amines) is 1. The summed E-state index contributed by atoms with van der Waals surface area (Å²) < 4.78 is 5.69. The standard InChI is InChI=1S/C29H35N5O2/c30-16-19-3-1-4-20(13-19)17-34-11-2-5-24(18-34)31-29(35)23-6-8-26-25(15-23)28(33-32-26)22-7-9-27-21(14-22)10-12-36-27/h1,3-4,7,9,13-14,23-26,28,32-33H,2,5-6,8,10-12,15,17-18H2,(H,31,35)/t23?,24-,25?,26?,28?/m1/s1. The number of rotatable bonds is 5. The zero-order chi connectivity index (χ0) is 24.5. The molecule has 0 bridgehead atoms. The maximum Gasteiger partial charge on any atom is 0.223 e. The van der Waals surface area contributed by atoms with Crippen LogP contribution in [0.3, 0.4) is 0 Å². The van der Waals surface area contributed by atoms with Gasteiger partial charge in [-0.05, 0) is 79.5 Å². The summed E-state index contributed by atoms with van der Waals surface area (Å²) in [6, 6.07) is 17.5. The smallest absolute Gasteiger partial charge is 0.223 e. The lowest BCUT2D eigenvalue weighted by Crippen LogP contribution is -2.50. The number of fused-ring (bicyclic) bond motifs is 2. The molecule has 6 rings (SSSR count). The molecule has 0 radical (unpaired) electrons. The summed E-state index contributed by atoms with van der Waals surface area (Å²) in [6.45, 7) is 3.49. The lowest BCUT2D eigenvalue weighted by atomic mass is 9.74. The molecular weight excluding hydrogens is 450 g/mol. The van der Waals surface area contributed by atoms with Gasteiger partial charge in [0.05, 0.1) is 24.3 Å². The Labute approximate surface area is 213 Å². The van der Waals surface area contributed by atoms with Crippen LogP contribution in [0.5, 0.6) is 5.75 Å². The number of piperidine rings is 1. The van der Waals surface area contributed by atoms with Crippen molar-refractivity contribution in [2.75, 3.05) is 19.7 Å². The molecule has 3 N–H and O–H groups in total. The summed E-state index contributed by atoms with van der Waals surface area (Å²) in [7, 11) is 0. The van der Waals surface area contributed by atoms with E-state index < -0.39 is 0 Å². The van der Waals surface area contributed by atoms with Crippen LogP contribution in [0.4, 0.5) is 0 Å². The van der Waals surface area contributed by atoms with Crippen LogP contribution in [0.2, 0.25) is 0 Å². The van der Waals surface area contributed by atoms with Crippen molar-refractivity contribution in [3.8, 4) is 11.8 Å². The number of benzene rings is 2. The predicted octanol–water partition coefficient (Wildman–Crippen LogP) is 3.21. The van der Waals surface area contributed by atoms with Crippen molar-refractivity contribution >= 4 is 5.91 Å². The maximum atomic E-state index is 13.4. The summed E-state index contributed by atoms with van der Waals surface area (Å²) >= 11 is 0. The van der Waals surface area contributed by atoms with Gasteiger partial charge in [-0.15, -0.1) is 0 Å². The highest BCUT2D eigenvalue weighted by atomic mass is 16.5. The van der Waals surface area contributed by atoms with E-state index in [0.29, 0.717) is 17.5 Å². The van der Waals surface area contributed by atoms with E-state index in [1.165, 1.54) is 11.1 Å². The number of amides is 1. The summed E-state index contributed by atoms with van der Waals surface area (Å²) in [5.41, 5.74) is 11.5. The molecule has 0 aromatic heterocycles. The van der Waals surface area contributed by atoms with E-state index in [1.807, 2.05) is 18.2 Å². The normalized spacial score (nSPS) is 29.6. The van der Waals surface area contributed by atoms with E-state index in [2.05, 4.69) is 51.4 Å². The summed E-state index contributed by atoms with van der Waals surface area (Å²) in [6.07, 6.45) is 5.95. The molecule has 1 amide bonds. The minimum atomic E-state index is 0.0656. The molecule has 188 valence electrons. The third-order valence-corrected chi connectivity index (χ3v) is 8.51. The number of nitriles is 1. The van der Waals surface area contributed by atoms with E-state index in [1.54, 1.807) is 0 Å². The minimum absolute atomic E-state index is 0.0656. The Balaban J connectivity index is 1.06. The fourth-order valence-electron chi connectivity index (χ4n) is 6.66. The second kappa shape index (κ2) is 10.2. The molecule has 5 atom stereocenters. The molecule has 0 spiro atoms. The average molecular weight is 486 g/mol. The van der Waals surface area contributed by atoms with Gasteiger partial charge in [0, 0.05) is 37.5 Å². The van der Waals surface area contributed by atoms with Crippen LogP contribution >= 0.6 is 0 Å². The Kier molecular flexibility index (Phi) is 6.66.